The van der Waals surface area contributed by atoms with Crippen LogP contribution in [0.2, 0.25) is 0 Å². The number of hydrogen-bond donors (Lipinski definition) is 2. The molecule has 1 saturated carbocycles. The molecule has 1 heterocycles. The van der Waals surface area contributed by atoms with Gasteiger partial charge in [0.15, 0.2) is 0 Å². The third-order valence-electron chi connectivity index (χ3n) is 3.51. The number of carboxylic acids is 1. The largest absolute Gasteiger partial charge is 0.481 e. The van der Waals surface area contributed by atoms with E-state index in [0.717, 1.165) is 37.0 Å². The van der Waals surface area contributed by atoms with E-state index in [2.05, 4.69) is 11.0 Å². The first-order chi connectivity index (χ1) is 9.90. The van der Waals surface area contributed by atoms with Crippen molar-refractivity contribution in [2.45, 2.75) is 47.6 Å². The Morgan fingerprint density at radius 2 is 2.24 bits per heavy atom. The Balaban J connectivity index is 2.04. The van der Waals surface area contributed by atoms with E-state index >= 15 is 0 Å². The lowest BCUT2D eigenvalue weighted by molar-refractivity contribution is -0.136. The maximum atomic E-state index is 12.3. The number of nitrogens with one attached hydrogen (secondary N) is 1. The molecule has 1 aliphatic rings. The highest BCUT2D eigenvalue weighted by molar-refractivity contribution is 7.99. The molecule has 0 aromatic carbocycles. The van der Waals surface area contributed by atoms with Crippen LogP contribution in [0.1, 0.15) is 30.6 Å². The molecule has 1 aromatic heterocycles. The van der Waals surface area contributed by atoms with Gasteiger partial charge in [0.2, 0.25) is 10.0 Å². The van der Waals surface area contributed by atoms with Crippen molar-refractivity contribution in [3.63, 3.8) is 0 Å². The normalized spacial score (nSPS) is 23.1. The fourth-order valence-corrected chi connectivity index (χ4v) is 5.96. The van der Waals surface area contributed by atoms with Crippen LogP contribution >= 0.6 is 23.1 Å². The van der Waals surface area contributed by atoms with Gasteiger partial charge in [-0.05, 0) is 37.7 Å². The SMILES string of the molecule is CSC1CCCC(NS(=O)(=O)c2ccc(CC(=O)O)s2)C1. The standard InChI is InChI=1S/C13H19NO4S3/c1-19-10-4-2-3-9(7-10)14-21(17,18)13-6-5-11(20-13)8-12(15)16/h5-6,9-10,14H,2-4,7-8H2,1H3,(H,15,16). The topological polar surface area (TPSA) is 83.5 Å². The molecule has 0 amide bonds. The van der Waals surface area contributed by atoms with Gasteiger partial charge in [-0.25, -0.2) is 13.1 Å². The van der Waals surface area contributed by atoms with Crippen molar-refractivity contribution in [3.8, 4) is 0 Å². The molecule has 2 unspecified atom stereocenters. The van der Waals surface area contributed by atoms with Crippen molar-refractivity contribution in [3.05, 3.63) is 17.0 Å². The molecule has 0 radical (unpaired) electrons. The molecule has 0 spiro atoms. The maximum absolute atomic E-state index is 12.3. The molecule has 5 nitrogen and oxygen atoms in total. The van der Waals surface area contributed by atoms with Gasteiger partial charge in [0.05, 0.1) is 6.42 Å². The number of carbonyl (C=O) groups is 1. The molecule has 1 aromatic rings. The molecule has 2 atom stereocenters. The highest BCUT2D eigenvalue weighted by Crippen LogP contribution is 2.29. The van der Waals surface area contributed by atoms with Crippen LogP contribution in [0.4, 0.5) is 0 Å². The van der Waals surface area contributed by atoms with Gasteiger partial charge in [0.1, 0.15) is 4.21 Å². The summed E-state index contributed by atoms with van der Waals surface area (Å²) >= 11 is 2.81. The fraction of sp³-hybridized carbons (Fsp3) is 0.615. The molecular formula is C13H19NO4S3. The molecule has 118 valence electrons. The highest BCUT2D eigenvalue weighted by Gasteiger charge is 2.27. The molecular weight excluding hydrogens is 330 g/mol. The quantitative estimate of drug-likeness (QED) is 0.823. The summed E-state index contributed by atoms with van der Waals surface area (Å²) < 4.78 is 27.6. The summed E-state index contributed by atoms with van der Waals surface area (Å²) in [5.41, 5.74) is 0. The minimum Gasteiger partial charge on any atom is -0.481 e. The van der Waals surface area contributed by atoms with Crippen LogP contribution in [-0.2, 0) is 21.2 Å². The van der Waals surface area contributed by atoms with E-state index in [4.69, 9.17) is 5.11 Å². The van der Waals surface area contributed by atoms with Gasteiger partial charge < -0.3 is 5.11 Å². The van der Waals surface area contributed by atoms with E-state index < -0.39 is 16.0 Å². The number of hydrogen-bond acceptors (Lipinski definition) is 5. The van der Waals surface area contributed by atoms with E-state index in [9.17, 15) is 13.2 Å². The summed E-state index contributed by atoms with van der Waals surface area (Å²) in [6, 6.07) is 3.03. The number of sulfonamides is 1. The molecule has 0 saturated heterocycles. The van der Waals surface area contributed by atoms with E-state index in [0.29, 0.717) is 10.1 Å². The lowest BCUT2D eigenvalue weighted by atomic mass is 9.96. The maximum Gasteiger partial charge on any atom is 0.308 e. The first-order valence-electron chi connectivity index (χ1n) is 6.76. The van der Waals surface area contributed by atoms with Crippen LogP contribution < -0.4 is 4.72 Å². The van der Waals surface area contributed by atoms with E-state index in [-0.39, 0.29) is 16.7 Å². The number of thiophene rings is 1. The summed E-state index contributed by atoms with van der Waals surface area (Å²) in [4.78, 5) is 11.2. The first kappa shape index (κ1) is 16.8. The summed E-state index contributed by atoms with van der Waals surface area (Å²) in [7, 11) is -3.54. The van der Waals surface area contributed by atoms with Crippen LogP contribution in [0.3, 0.4) is 0 Å². The Bertz CT molecular complexity index is 596. The van der Waals surface area contributed by atoms with Gasteiger partial charge in [-0.3, -0.25) is 4.79 Å². The van der Waals surface area contributed by atoms with E-state index in [1.54, 1.807) is 17.8 Å². The number of carboxylic acid groups (broad SMARTS) is 1. The first-order valence-corrected chi connectivity index (χ1v) is 10.3. The van der Waals surface area contributed by atoms with Crippen LogP contribution in [0.15, 0.2) is 16.3 Å². The van der Waals surface area contributed by atoms with Crippen molar-refractivity contribution < 1.29 is 18.3 Å². The molecule has 1 aliphatic carbocycles. The molecule has 21 heavy (non-hydrogen) atoms. The predicted molar refractivity (Wildman–Crippen MR) is 85.5 cm³/mol. The molecule has 2 N–H and O–H groups in total. The Morgan fingerprint density at radius 1 is 1.48 bits per heavy atom. The van der Waals surface area contributed by atoms with Crippen molar-refractivity contribution in [1.82, 2.24) is 4.72 Å². The average molecular weight is 349 g/mol. The zero-order valence-corrected chi connectivity index (χ0v) is 14.2. The monoisotopic (exact) mass is 349 g/mol. The second kappa shape index (κ2) is 7.13. The smallest absolute Gasteiger partial charge is 0.308 e. The Kier molecular flexibility index (Phi) is 5.70. The molecule has 8 heteroatoms. The highest BCUT2D eigenvalue weighted by atomic mass is 32.2. The number of rotatable bonds is 6. The van der Waals surface area contributed by atoms with Crippen molar-refractivity contribution in [2.24, 2.45) is 0 Å². The van der Waals surface area contributed by atoms with Gasteiger partial charge in [0, 0.05) is 16.2 Å². The third-order valence-corrected chi connectivity index (χ3v) is 7.70. The van der Waals surface area contributed by atoms with Crippen LogP contribution in [-0.4, -0.2) is 37.0 Å². The second-order valence-electron chi connectivity index (χ2n) is 5.13. The van der Waals surface area contributed by atoms with E-state index in [1.807, 2.05) is 0 Å². The zero-order valence-electron chi connectivity index (χ0n) is 11.7. The summed E-state index contributed by atoms with van der Waals surface area (Å²) in [5, 5.41) is 9.25. The Labute approximate surface area is 133 Å². The predicted octanol–water partition coefficient (Wildman–Crippen LogP) is 2.33. The van der Waals surface area contributed by atoms with Crippen molar-refractivity contribution >= 4 is 39.1 Å². The summed E-state index contributed by atoms with van der Waals surface area (Å²) in [6.45, 7) is 0. The van der Waals surface area contributed by atoms with Gasteiger partial charge in [-0.15, -0.1) is 11.3 Å². The zero-order chi connectivity index (χ0) is 15.5. The lowest BCUT2D eigenvalue weighted by Gasteiger charge is -2.28. The lowest BCUT2D eigenvalue weighted by Crippen LogP contribution is -2.38. The van der Waals surface area contributed by atoms with Gasteiger partial charge in [-0.2, -0.15) is 11.8 Å². The molecule has 0 bridgehead atoms. The molecule has 2 rings (SSSR count). The molecule has 0 aliphatic heterocycles. The van der Waals surface area contributed by atoms with Gasteiger partial charge >= 0.3 is 5.97 Å². The molecule has 1 fully saturated rings. The van der Waals surface area contributed by atoms with E-state index in [1.165, 1.54) is 6.07 Å². The van der Waals surface area contributed by atoms with Crippen molar-refractivity contribution in [2.75, 3.05) is 6.26 Å². The van der Waals surface area contributed by atoms with Crippen LogP contribution in [0.5, 0.6) is 0 Å². The second-order valence-corrected chi connectivity index (χ2v) is 9.38. The summed E-state index contributed by atoms with van der Waals surface area (Å²) in [5.74, 6) is -0.955. The fourth-order valence-electron chi connectivity index (χ4n) is 2.49. The van der Waals surface area contributed by atoms with Gasteiger partial charge in [0.25, 0.3) is 0 Å². The van der Waals surface area contributed by atoms with Crippen molar-refractivity contribution in [1.29, 1.82) is 0 Å². The van der Waals surface area contributed by atoms with Crippen LogP contribution in [0.25, 0.3) is 0 Å². The Hall–Kier alpha value is -0.570. The minimum atomic E-state index is -3.54. The van der Waals surface area contributed by atoms with Crippen LogP contribution in [0, 0.1) is 0 Å². The Morgan fingerprint density at radius 3 is 2.90 bits per heavy atom. The summed E-state index contributed by atoms with van der Waals surface area (Å²) in [6.07, 6.45) is 5.81. The number of aliphatic carboxylic acids is 1. The average Bonchev–Trinajstić information content (AvgIpc) is 2.87. The number of thioether (sulfide) groups is 1. The van der Waals surface area contributed by atoms with Gasteiger partial charge in [-0.1, -0.05) is 6.42 Å². The minimum absolute atomic E-state index is 0.0220. The third kappa shape index (κ3) is 4.70.